The molecular weight excluding hydrogens is 356 g/mol. The zero-order chi connectivity index (χ0) is 20.7. The van der Waals surface area contributed by atoms with Crippen molar-refractivity contribution < 1.29 is 10.2 Å². The molecule has 0 fully saturated rings. The van der Waals surface area contributed by atoms with Crippen molar-refractivity contribution in [2.24, 2.45) is 0 Å². The number of hydrogen-bond acceptors (Lipinski definition) is 2. The second kappa shape index (κ2) is 14.1. The van der Waals surface area contributed by atoms with E-state index in [1.807, 2.05) is 24.3 Å². The molecule has 29 heavy (non-hydrogen) atoms. The van der Waals surface area contributed by atoms with E-state index in [0.717, 1.165) is 6.42 Å². The quantitative estimate of drug-likeness (QED) is 0.297. The van der Waals surface area contributed by atoms with Gasteiger partial charge in [0.1, 0.15) is 11.5 Å². The Morgan fingerprint density at radius 1 is 0.517 bits per heavy atom. The van der Waals surface area contributed by atoms with Gasteiger partial charge in [0, 0.05) is 5.92 Å². The topological polar surface area (TPSA) is 40.5 Å². The van der Waals surface area contributed by atoms with Gasteiger partial charge in [0.15, 0.2) is 0 Å². The normalized spacial score (nSPS) is 11.2. The third kappa shape index (κ3) is 9.39. The van der Waals surface area contributed by atoms with Crippen molar-refractivity contribution in [3.63, 3.8) is 0 Å². The fourth-order valence-electron chi connectivity index (χ4n) is 4.13. The summed E-state index contributed by atoms with van der Waals surface area (Å²) in [5, 5.41) is 19.2. The highest BCUT2D eigenvalue weighted by atomic mass is 16.3. The number of phenols is 2. The standard InChI is InChI=1S/C27H40O2/c1-2-3-4-5-6-7-8-9-10-11-12-13-14-27(23-15-19-25(28)20-16-23)24-17-21-26(29)22-18-24/h15-22,27-29H,2-14H2,1H3. The predicted octanol–water partition coefficient (Wildman–Crippen LogP) is 8.32. The van der Waals surface area contributed by atoms with Crippen LogP contribution in [0.1, 0.15) is 107 Å². The molecule has 2 N–H and O–H groups in total. The number of rotatable bonds is 15. The van der Waals surface area contributed by atoms with Gasteiger partial charge in [-0.25, -0.2) is 0 Å². The van der Waals surface area contributed by atoms with Crippen molar-refractivity contribution in [1.29, 1.82) is 0 Å². The Balaban J connectivity index is 1.68. The number of phenolic OH excluding ortho intramolecular Hbond substituents is 2. The number of hydrogen-bond donors (Lipinski definition) is 2. The van der Waals surface area contributed by atoms with Crippen LogP contribution in [0.4, 0.5) is 0 Å². The summed E-state index contributed by atoms with van der Waals surface area (Å²) in [6.07, 6.45) is 17.5. The molecule has 2 aromatic rings. The van der Waals surface area contributed by atoms with Crippen LogP contribution in [0.5, 0.6) is 11.5 Å². The highest BCUT2D eigenvalue weighted by molar-refractivity contribution is 5.37. The second-order valence-electron chi connectivity index (χ2n) is 8.41. The molecule has 0 spiro atoms. The first kappa shape index (κ1) is 23.3. The highest BCUT2D eigenvalue weighted by Gasteiger charge is 2.14. The van der Waals surface area contributed by atoms with E-state index in [1.54, 1.807) is 24.3 Å². The van der Waals surface area contributed by atoms with E-state index >= 15 is 0 Å². The lowest BCUT2D eigenvalue weighted by molar-refractivity contribution is 0.474. The molecule has 0 aliphatic carbocycles. The van der Waals surface area contributed by atoms with Crippen molar-refractivity contribution in [3.05, 3.63) is 59.7 Å². The minimum atomic E-state index is 0.309. The van der Waals surface area contributed by atoms with Gasteiger partial charge in [-0.15, -0.1) is 0 Å². The summed E-state index contributed by atoms with van der Waals surface area (Å²) in [7, 11) is 0. The fraction of sp³-hybridized carbons (Fsp3) is 0.556. The average molecular weight is 397 g/mol. The summed E-state index contributed by atoms with van der Waals surface area (Å²) in [6.45, 7) is 2.28. The average Bonchev–Trinajstić information content (AvgIpc) is 2.73. The van der Waals surface area contributed by atoms with Crippen LogP contribution in [0.25, 0.3) is 0 Å². The summed E-state index contributed by atoms with van der Waals surface area (Å²) < 4.78 is 0. The molecular formula is C27H40O2. The summed E-state index contributed by atoms with van der Waals surface area (Å²) in [5.41, 5.74) is 2.47. The van der Waals surface area contributed by atoms with Crippen LogP contribution in [0.2, 0.25) is 0 Å². The van der Waals surface area contributed by atoms with Crippen LogP contribution in [0.15, 0.2) is 48.5 Å². The summed E-state index contributed by atoms with van der Waals surface area (Å²) in [4.78, 5) is 0. The molecule has 0 amide bonds. The van der Waals surface area contributed by atoms with Gasteiger partial charge in [0.2, 0.25) is 0 Å². The molecule has 0 saturated heterocycles. The SMILES string of the molecule is CCCCCCCCCCCCCCC(c1ccc(O)cc1)c1ccc(O)cc1. The third-order valence-electron chi connectivity index (χ3n) is 5.94. The molecule has 0 aromatic heterocycles. The summed E-state index contributed by atoms with van der Waals surface area (Å²) in [5.74, 6) is 0.937. The Morgan fingerprint density at radius 2 is 0.862 bits per heavy atom. The van der Waals surface area contributed by atoms with E-state index in [0.29, 0.717) is 17.4 Å². The van der Waals surface area contributed by atoms with Gasteiger partial charge in [-0.2, -0.15) is 0 Å². The first-order valence-corrected chi connectivity index (χ1v) is 11.8. The number of aromatic hydroxyl groups is 2. The first-order valence-electron chi connectivity index (χ1n) is 11.8. The van der Waals surface area contributed by atoms with Crippen LogP contribution in [-0.4, -0.2) is 10.2 Å². The molecule has 0 atom stereocenters. The van der Waals surface area contributed by atoms with E-state index < -0.39 is 0 Å². The van der Waals surface area contributed by atoms with Crippen LogP contribution in [0.3, 0.4) is 0 Å². The molecule has 0 aliphatic heterocycles. The van der Waals surface area contributed by atoms with E-state index in [-0.39, 0.29) is 0 Å². The lowest BCUT2D eigenvalue weighted by atomic mass is 9.86. The molecule has 0 aliphatic rings. The predicted molar refractivity (Wildman–Crippen MR) is 124 cm³/mol. The minimum absolute atomic E-state index is 0.309. The molecule has 0 bridgehead atoms. The molecule has 0 radical (unpaired) electrons. The second-order valence-corrected chi connectivity index (χ2v) is 8.41. The monoisotopic (exact) mass is 396 g/mol. The maximum absolute atomic E-state index is 9.60. The Bertz CT molecular complexity index is 600. The van der Waals surface area contributed by atoms with Crippen molar-refractivity contribution in [2.45, 2.75) is 96.3 Å². The molecule has 0 saturated carbocycles. The van der Waals surface area contributed by atoms with Gasteiger partial charge in [-0.05, 0) is 41.8 Å². The first-order chi connectivity index (χ1) is 14.2. The Hall–Kier alpha value is -1.96. The van der Waals surface area contributed by atoms with Crippen LogP contribution < -0.4 is 0 Å². The van der Waals surface area contributed by atoms with Crippen LogP contribution in [0, 0.1) is 0 Å². The molecule has 160 valence electrons. The van der Waals surface area contributed by atoms with Gasteiger partial charge in [0.05, 0.1) is 0 Å². The smallest absolute Gasteiger partial charge is 0.115 e. The van der Waals surface area contributed by atoms with Crippen LogP contribution in [-0.2, 0) is 0 Å². The lowest BCUT2D eigenvalue weighted by Crippen LogP contribution is -2.01. The van der Waals surface area contributed by atoms with E-state index in [4.69, 9.17) is 0 Å². The number of benzene rings is 2. The lowest BCUT2D eigenvalue weighted by Gasteiger charge is -2.18. The maximum Gasteiger partial charge on any atom is 0.115 e. The van der Waals surface area contributed by atoms with Gasteiger partial charge < -0.3 is 10.2 Å². The van der Waals surface area contributed by atoms with Gasteiger partial charge in [0.25, 0.3) is 0 Å². The van der Waals surface area contributed by atoms with E-state index in [1.165, 1.54) is 88.2 Å². The molecule has 0 unspecified atom stereocenters. The Kier molecular flexibility index (Phi) is 11.3. The van der Waals surface area contributed by atoms with Crippen LogP contribution >= 0.6 is 0 Å². The van der Waals surface area contributed by atoms with Crippen molar-refractivity contribution in [2.75, 3.05) is 0 Å². The van der Waals surface area contributed by atoms with Gasteiger partial charge in [-0.3, -0.25) is 0 Å². The van der Waals surface area contributed by atoms with Crippen molar-refractivity contribution >= 4 is 0 Å². The Morgan fingerprint density at radius 3 is 1.24 bits per heavy atom. The van der Waals surface area contributed by atoms with E-state index in [2.05, 4.69) is 6.92 Å². The molecule has 2 nitrogen and oxygen atoms in total. The van der Waals surface area contributed by atoms with Crippen molar-refractivity contribution in [3.8, 4) is 11.5 Å². The largest absolute Gasteiger partial charge is 0.508 e. The maximum atomic E-state index is 9.60. The van der Waals surface area contributed by atoms with Gasteiger partial charge in [-0.1, -0.05) is 108 Å². The highest BCUT2D eigenvalue weighted by Crippen LogP contribution is 2.32. The van der Waals surface area contributed by atoms with E-state index in [9.17, 15) is 10.2 Å². The fourth-order valence-corrected chi connectivity index (χ4v) is 4.13. The van der Waals surface area contributed by atoms with Crippen molar-refractivity contribution in [1.82, 2.24) is 0 Å². The third-order valence-corrected chi connectivity index (χ3v) is 5.94. The molecule has 2 rings (SSSR count). The van der Waals surface area contributed by atoms with Gasteiger partial charge >= 0.3 is 0 Å². The summed E-state index contributed by atoms with van der Waals surface area (Å²) in [6, 6.07) is 15.2. The zero-order valence-electron chi connectivity index (χ0n) is 18.3. The minimum Gasteiger partial charge on any atom is -0.508 e. The number of unbranched alkanes of at least 4 members (excludes halogenated alkanes) is 11. The molecule has 2 heteroatoms. The molecule has 2 aromatic carbocycles. The zero-order valence-corrected chi connectivity index (χ0v) is 18.3. The Labute approximate surface area is 178 Å². The summed E-state index contributed by atoms with van der Waals surface area (Å²) >= 11 is 0. The molecule has 0 heterocycles.